The zero-order chi connectivity index (χ0) is 24.1. The van der Waals surface area contributed by atoms with Gasteiger partial charge >= 0.3 is 0 Å². The third-order valence-electron chi connectivity index (χ3n) is 6.35. The van der Waals surface area contributed by atoms with Crippen LogP contribution >= 0.6 is 11.6 Å². The van der Waals surface area contributed by atoms with E-state index in [1.54, 1.807) is 47.2 Å². The SMILES string of the molecule is O=C1c2ccccc2C(=O)N1CCc1cnc2n1-c1c(F)cccc1C(c1ccccc1Cl)=NC2. The number of benzene rings is 3. The average molecular weight is 485 g/mol. The Balaban J connectivity index is 1.38. The van der Waals surface area contributed by atoms with Gasteiger partial charge in [-0.15, -0.1) is 0 Å². The van der Waals surface area contributed by atoms with E-state index in [1.165, 1.54) is 11.0 Å². The number of amides is 2. The van der Waals surface area contributed by atoms with E-state index < -0.39 is 5.82 Å². The molecule has 0 saturated heterocycles. The van der Waals surface area contributed by atoms with Crippen molar-refractivity contribution in [3.63, 3.8) is 0 Å². The van der Waals surface area contributed by atoms with Gasteiger partial charge in [0.2, 0.25) is 0 Å². The second-order valence-corrected chi connectivity index (χ2v) is 8.75. The fourth-order valence-electron chi connectivity index (χ4n) is 4.71. The lowest BCUT2D eigenvalue weighted by molar-refractivity contribution is 0.0655. The van der Waals surface area contributed by atoms with E-state index in [1.807, 2.05) is 24.3 Å². The van der Waals surface area contributed by atoms with Crippen molar-refractivity contribution < 1.29 is 14.0 Å². The number of imide groups is 1. The quantitative estimate of drug-likeness (QED) is 0.389. The fourth-order valence-corrected chi connectivity index (χ4v) is 4.94. The molecule has 0 bridgehead atoms. The molecular weight excluding hydrogens is 467 g/mol. The van der Waals surface area contributed by atoms with Crippen molar-refractivity contribution in [3.8, 4) is 5.69 Å². The predicted octanol–water partition coefficient (Wildman–Crippen LogP) is 4.85. The highest BCUT2D eigenvalue weighted by Crippen LogP contribution is 2.31. The van der Waals surface area contributed by atoms with Gasteiger partial charge in [-0.2, -0.15) is 0 Å². The molecule has 35 heavy (non-hydrogen) atoms. The summed E-state index contributed by atoms with van der Waals surface area (Å²) >= 11 is 6.46. The molecule has 0 spiro atoms. The van der Waals surface area contributed by atoms with Crippen LogP contribution in [0.25, 0.3) is 5.69 Å². The Morgan fingerprint density at radius 1 is 0.857 bits per heavy atom. The first kappa shape index (κ1) is 21.4. The zero-order valence-corrected chi connectivity index (χ0v) is 19.2. The normalized spacial score (nSPS) is 14.3. The van der Waals surface area contributed by atoms with Gasteiger partial charge in [-0.05, 0) is 24.3 Å². The number of aliphatic imine (C=N–C) groups is 1. The Bertz CT molecular complexity index is 1520. The summed E-state index contributed by atoms with van der Waals surface area (Å²) in [6, 6.07) is 18.9. The van der Waals surface area contributed by atoms with Crippen LogP contribution in [0.4, 0.5) is 4.39 Å². The van der Waals surface area contributed by atoms with Gasteiger partial charge in [0.15, 0.2) is 0 Å². The number of imidazole rings is 1. The number of aromatic nitrogens is 2. The van der Waals surface area contributed by atoms with E-state index >= 15 is 4.39 Å². The van der Waals surface area contributed by atoms with E-state index in [9.17, 15) is 9.59 Å². The van der Waals surface area contributed by atoms with E-state index in [0.717, 1.165) is 0 Å². The molecule has 2 aliphatic rings. The summed E-state index contributed by atoms with van der Waals surface area (Å²) in [5, 5.41) is 0.520. The Kier molecular flexibility index (Phi) is 5.07. The van der Waals surface area contributed by atoms with Gasteiger partial charge in [-0.3, -0.25) is 24.0 Å². The molecule has 0 N–H and O–H groups in total. The molecule has 0 atom stereocenters. The average Bonchev–Trinajstić information content (AvgIpc) is 3.31. The van der Waals surface area contributed by atoms with Crippen molar-refractivity contribution in [2.45, 2.75) is 13.0 Å². The van der Waals surface area contributed by atoms with Crippen molar-refractivity contribution in [2.24, 2.45) is 4.99 Å². The van der Waals surface area contributed by atoms with Crippen LogP contribution in [0.1, 0.15) is 43.4 Å². The van der Waals surface area contributed by atoms with E-state index in [-0.39, 0.29) is 24.9 Å². The standard InChI is InChI=1S/C27H18ClFN4O2/c28-21-10-4-3-8-19(21)24-20-9-5-11-22(29)25(20)33-16(14-30-23(33)15-31-24)12-13-32-26(34)17-6-1-2-7-18(17)27(32)35/h1-11,14H,12-13,15H2. The van der Waals surface area contributed by atoms with Gasteiger partial charge in [0, 0.05) is 41.0 Å². The molecule has 6 nitrogen and oxygen atoms in total. The lowest BCUT2D eigenvalue weighted by Gasteiger charge is -2.17. The first-order chi connectivity index (χ1) is 17.0. The molecule has 1 aromatic heterocycles. The van der Waals surface area contributed by atoms with Gasteiger partial charge in [-0.25, -0.2) is 9.37 Å². The first-order valence-electron chi connectivity index (χ1n) is 11.1. The van der Waals surface area contributed by atoms with Gasteiger partial charge in [0.1, 0.15) is 11.6 Å². The minimum absolute atomic E-state index is 0.152. The Morgan fingerprint density at radius 3 is 2.23 bits per heavy atom. The maximum absolute atomic E-state index is 15.4. The number of hydrogen-bond donors (Lipinski definition) is 0. The Labute approximate surface area is 205 Å². The largest absolute Gasteiger partial charge is 0.296 e. The van der Waals surface area contributed by atoms with Crippen LogP contribution in [-0.2, 0) is 13.0 Å². The highest BCUT2D eigenvalue weighted by atomic mass is 35.5. The summed E-state index contributed by atoms with van der Waals surface area (Å²) in [5.41, 5.74) is 3.70. The second kappa shape index (κ2) is 8.29. The molecule has 4 aromatic rings. The third-order valence-corrected chi connectivity index (χ3v) is 6.68. The van der Waals surface area contributed by atoms with Crippen LogP contribution in [0.2, 0.25) is 5.02 Å². The van der Waals surface area contributed by atoms with Gasteiger partial charge < -0.3 is 0 Å². The number of fused-ring (bicyclic) bond motifs is 4. The van der Waals surface area contributed by atoms with Crippen LogP contribution in [-0.4, -0.2) is 38.5 Å². The molecule has 2 amide bonds. The molecule has 0 unspecified atom stereocenters. The molecule has 172 valence electrons. The summed E-state index contributed by atoms with van der Waals surface area (Å²) in [6.07, 6.45) is 1.97. The number of para-hydroxylation sites is 1. The molecule has 0 saturated carbocycles. The minimum atomic E-state index is -0.426. The molecular formula is C27H18ClFN4O2. The summed E-state index contributed by atoms with van der Waals surface area (Å²) in [6.45, 7) is 0.376. The summed E-state index contributed by atoms with van der Waals surface area (Å²) in [5.74, 6) is -0.504. The maximum Gasteiger partial charge on any atom is 0.261 e. The van der Waals surface area contributed by atoms with Gasteiger partial charge in [0.05, 0.1) is 29.1 Å². The number of nitrogens with zero attached hydrogens (tertiary/aromatic N) is 4. The van der Waals surface area contributed by atoms with E-state index in [0.29, 0.717) is 56.6 Å². The molecule has 0 fully saturated rings. The second-order valence-electron chi connectivity index (χ2n) is 8.34. The van der Waals surface area contributed by atoms with Crippen molar-refractivity contribution in [1.82, 2.24) is 14.5 Å². The topological polar surface area (TPSA) is 67.6 Å². The number of hydrogen-bond acceptors (Lipinski definition) is 4. The summed E-state index contributed by atoms with van der Waals surface area (Å²) in [4.78, 5) is 36.0. The van der Waals surface area contributed by atoms with Crippen LogP contribution in [0, 0.1) is 5.82 Å². The maximum atomic E-state index is 15.4. The number of carbonyl (C=O) groups is 2. The molecule has 6 rings (SSSR count). The highest BCUT2D eigenvalue weighted by Gasteiger charge is 2.35. The van der Waals surface area contributed by atoms with Crippen molar-refractivity contribution >= 4 is 29.1 Å². The Hall–Kier alpha value is -4.10. The van der Waals surface area contributed by atoms with Gasteiger partial charge in [-0.1, -0.05) is 54.1 Å². The summed E-state index contributed by atoms with van der Waals surface area (Å²) in [7, 11) is 0. The van der Waals surface area contributed by atoms with E-state index in [4.69, 9.17) is 16.6 Å². The Morgan fingerprint density at radius 2 is 1.51 bits per heavy atom. The van der Waals surface area contributed by atoms with Crippen LogP contribution in [0.15, 0.2) is 77.9 Å². The number of carbonyl (C=O) groups excluding carboxylic acids is 2. The lowest BCUT2D eigenvalue weighted by Crippen LogP contribution is -2.32. The zero-order valence-electron chi connectivity index (χ0n) is 18.4. The highest BCUT2D eigenvalue weighted by molar-refractivity contribution is 6.35. The molecule has 0 aliphatic carbocycles. The lowest BCUT2D eigenvalue weighted by atomic mass is 10.00. The first-order valence-corrected chi connectivity index (χ1v) is 11.5. The van der Waals surface area contributed by atoms with Crippen molar-refractivity contribution in [3.05, 3.63) is 118 Å². The molecule has 2 aliphatic heterocycles. The molecule has 0 radical (unpaired) electrons. The molecule has 8 heteroatoms. The minimum Gasteiger partial charge on any atom is -0.296 e. The van der Waals surface area contributed by atoms with Crippen LogP contribution in [0.5, 0.6) is 0 Å². The fraction of sp³-hybridized carbons (Fsp3) is 0.111. The summed E-state index contributed by atoms with van der Waals surface area (Å²) < 4.78 is 17.1. The predicted molar refractivity (Wildman–Crippen MR) is 130 cm³/mol. The number of halogens is 2. The van der Waals surface area contributed by atoms with Crippen molar-refractivity contribution in [1.29, 1.82) is 0 Å². The monoisotopic (exact) mass is 484 g/mol. The number of rotatable bonds is 4. The van der Waals surface area contributed by atoms with Crippen molar-refractivity contribution in [2.75, 3.05) is 6.54 Å². The van der Waals surface area contributed by atoms with Gasteiger partial charge in [0.25, 0.3) is 11.8 Å². The van der Waals surface area contributed by atoms with Crippen LogP contribution < -0.4 is 0 Å². The smallest absolute Gasteiger partial charge is 0.261 e. The molecule has 3 aromatic carbocycles. The third kappa shape index (κ3) is 3.39. The van der Waals surface area contributed by atoms with Crippen LogP contribution in [0.3, 0.4) is 0 Å². The molecule has 3 heterocycles. The van der Waals surface area contributed by atoms with E-state index in [2.05, 4.69) is 4.98 Å².